The summed E-state index contributed by atoms with van der Waals surface area (Å²) in [5.41, 5.74) is 7.26. The molecule has 2 aromatic heterocycles. The summed E-state index contributed by atoms with van der Waals surface area (Å²) in [6.07, 6.45) is 7.59. The number of aliphatic hydroxyl groups is 2. The van der Waals surface area contributed by atoms with Crippen molar-refractivity contribution in [2.24, 2.45) is 0 Å². The maximum Gasteiger partial charge on any atom is 0.224 e. The van der Waals surface area contributed by atoms with Crippen molar-refractivity contribution >= 4 is 11.8 Å². The van der Waals surface area contributed by atoms with Gasteiger partial charge in [-0.2, -0.15) is 4.98 Å². The van der Waals surface area contributed by atoms with Gasteiger partial charge in [-0.05, 0) is 5.92 Å². The Balaban J connectivity index is 2.22. The molecule has 0 aromatic carbocycles. The Labute approximate surface area is 146 Å². The number of aromatic nitrogens is 3. The van der Waals surface area contributed by atoms with E-state index in [0.29, 0.717) is 11.4 Å². The predicted molar refractivity (Wildman–Crippen MR) is 94.4 cm³/mol. The lowest BCUT2D eigenvalue weighted by atomic mass is 10.0. The Morgan fingerprint density at radius 1 is 1.32 bits per heavy atom. The SMILES string of the molecule is C#Cc1cc(Oc2cnc(NCC(O)CO)nc2N)c(C(C)C)cn1. The van der Waals surface area contributed by atoms with Crippen LogP contribution in [0.4, 0.5) is 11.8 Å². The van der Waals surface area contributed by atoms with Crippen molar-refractivity contribution in [3.8, 4) is 23.8 Å². The third kappa shape index (κ3) is 4.79. The molecule has 0 aliphatic carbocycles. The topological polar surface area (TPSA) is 126 Å². The largest absolute Gasteiger partial charge is 0.451 e. The van der Waals surface area contributed by atoms with Crippen molar-refractivity contribution in [2.75, 3.05) is 24.2 Å². The fraction of sp³-hybridized carbons (Fsp3) is 0.353. The summed E-state index contributed by atoms with van der Waals surface area (Å²) in [5, 5.41) is 20.9. The summed E-state index contributed by atoms with van der Waals surface area (Å²) in [7, 11) is 0. The van der Waals surface area contributed by atoms with Crippen molar-refractivity contribution in [1.82, 2.24) is 15.0 Å². The van der Waals surface area contributed by atoms with E-state index in [2.05, 4.69) is 26.2 Å². The molecule has 8 nitrogen and oxygen atoms in total. The molecule has 0 spiro atoms. The van der Waals surface area contributed by atoms with E-state index < -0.39 is 6.10 Å². The summed E-state index contributed by atoms with van der Waals surface area (Å²) >= 11 is 0. The van der Waals surface area contributed by atoms with Gasteiger partial charge in [0.05, 0.1) is 18.9 Å². The first-order valence-electron chi connectivity index (χ1n) is 7.74. The fourth-order valence-corrected chi connectivity index (χ4v) is 1.99. The Kier molecular flexibility index (Phi) is 6.11. The number of anilines is 2. The minimum atomic E-state index is -0.909. The number of terminal acetylenes is 1. The standard InChI is InChI=1S/C17H21N5O3/c1-4-11-5-14(13(7-19-11)10(2)3)25-15-8-21-17(22-16(15)18)20-6-12(24)9-23/h1,5,7-8,10,12,23-24H,6,9H2,2-3H3,(H3,18,20,21,22). The van der Waals surface area contributed by atoms with Crippen LogP contribution in [0, 0.1) is 12.3 Å². The highest BCUT2D eigenvalue weighted by atomic mass is 16.5. The Bertz CT molecular complexity index is 773. The van der Waals surface area contributed by atoms with Crippen molar-refractivity contribution in [2.45, 2.75) is 25.9 Å². The minimum Gasteiger partial charge on any atom is -0.451 e. The van der Waals surface area contributed by atoms with E-state index in [4.69, 9.17) is 22.0 Å². The number of nitrogens with one attached hydrogen (secondary N) is 1. The number of pyridine rings is 1. The molecule has 0 saturated carbocycles. The van der Waals surface area contributed by atoms with Gasteiger partial charge in [0.2, 0.25) is 5.95 Å². The van der Waals surface area contributed by atoms with Gasteiger partial charge in [0.15, 0.2) is 11.6 Å². The summed E-state index contributed by atoms with van der Waals surface area (Å²) in [6, 6.07) is 1.67. The third-order valence-electron chi connectivity index (χ3n) is 3.37. The molecule has 0 fully saturated rings. The van der Waals surface area contributed by atoms with E-state index in [0.717, 1.165) is 5.56 Å². The number of rotatable bonds is 7. The molecule has 0 aliphatic rings. The van der Waals surface area contributed by atoms with Crippen LogP contribution in [-0.2, 0) is 0 Å². The highest BCUT2D eigenvalue weighted by Gasteiger charge is 2.14. The van der Waals surface area contributed by atoms with Gasteiger partial charge in [-0.3, -0.25) is 0 Å². The van der Waals surface area contributed by atoms with Crippen molar-refractivity contribution in [3.05, 3.63) is 29.7 Å². The van der Waals surface area contributed by atoms with E-state index in [1.54, 1.807) is 12.3 Å². The molecule has 0 bridgehead atoms. The first-order valence-corrected chi connectivity index (χ1v) is 7.74. The van der Waals surface area contributed by atoms with Gasteiger partial charge in [0, 0.05) is 24.4 Å². The fourth-order valence-electron chi connectivity index (χ4n) is 1.99. The van der Waals surface area contributed by atoms with Crippen LogP contribution in [0.15, 0.2) is 18.5 Å². The molecule has 25 heavy (non-hydrogen) atoms. The van der Waals surface area contributed by atoms with Gasteiger partial charge in [0.1, 0.15) is 11.4 Å². The highest BCUT2D eigenvalue weighted by molar-refractivity contribution is 5.51. The second kappa shape index (κ2) is 8.28. The maximum absolute atomic E-state index is 9.32. The molecular weight excluding hydrogens is 322 g/mol. The van der Waals surface area contributed by atoms with Crippen LogP contribution in [0.3, 0.4) is 0 Å². The van der Waals surface area contributed by atoms with Crippen LogP contribution in [0.1, 0.15) is 31.0 Å². The molecule has 0 saturated heterocycles. The lowest BCUT2D eigenvalue weighted by Crippen LogP contribution is -2.23. The Hall–Kier alpha value is -2.89. The average Bonchev–Trinajstić information content (AvgIpc) is 2.61. The summed E-state index contributed by atoms with van der Waals surface area (Å²) in [4.78, 5) is 12.3. The number of nitrogens with two attached hydrogens (primary N) is 1. The van der Waals surface area contributed by atoms with E-state index >= 15 is 0 Å². The molecule has 1 unspecified atom stereocenters. The second-order valence-electron chi connectivity index (χ2n) is 5.67. The van der Waals surface area contributed by atoms with Crippen LogP contribution < -0.4 is 15.8 Å². The number of nitrogens with zero attached hydrogens (tertiary/aromatic N) is 3. The van der Waals surface area contributed by atoms with Gasteiger partial charge in [-0.1, -0.05) is 19.8 Å². The summed E-state index contributed by atoms with van der Waals surface area (Å²) < 4.78 is 5.84. The summed E-state index contributed by atoms with van der Waals surface area (Å²) in [5.74, 6) is 3.83. The first kappa shape index (κ1) is 18.4. The van der Waals surface area contributed by atoms with Crippen molar-refractivity contribution < 1.29 is 14.9 Å². The van der Waals surface area contributed by atoms with E-state index in [-0.39, 0.29) is 36.6 Å². The normalized spacial score (nSPS) is 11.8. The Morgan fingerprint density at radius 2 is 2.08 bits per heavy atom. The zero-order chi connectivity index (χ0) is 18.4. The molecule has 8 heteroatoms. The number of nitrogen functional groups attached to an aromatic ring is 1. The van der Waals surface area contributed by atoms with Crippen molar-refractivity contribution in [3.63, 3.8) is 0 Å². The van der Waals surface area contributed by atoms with Crippen LogP contribution in [0.2, 0.25) is 0 Å². The smallest absolute Gasteiger partial charge is 0.224 e. The predicted octanol–water partition coefficient (Wildman–Crippen LogP) is 1.12. The van der Waals surface area contributed by atoms with Gasteiger partial charge >= 0.3 is 0 Å². The van der Waals surface area contributed by atoms with Crippen LogP contribution in [-0.4, -0.2) is 44.4 Å². The van der Waals surface area contributed by atoms with Gasteiger partial charge in [-0.25, -0.2) is 9.97 Å². The molecule has 5 N–H and O–H groups in total. The van der Waals surface area contributed by atoms with Gasteiger partial charge < -0.3 is 26.0 Å². The third-order valence-corrected chi connectivity index (χ3v) is 3.37. The molecule has 2 heterocycles. The quantitative estimate of drug-likeness (QED) is 0.551. The first-order chi connectivity index (χ1) is 11.9. The number of hydrogen-bond acceptors (Lipinski definition) is 8. The van der Waals surface area contributed by atoms with Crippen molar-refractivity contribution in [1.29, 1.82) is 0 Å². The second-order valence-corrected chi connectivity index (χ2v) is 5.67. The molecule has 2 aromatic rings. The lowest BCUT2D eigenvalue weighted by molar-refractivity contribution is 0.105. The molecule has 2 rings (SSSR count). The van der Waals surface area contributed by atoms with Crippen LogP contribution >= 0.6 is 0 Å². The number of hydrogen-bond donors (Lipinski definition) is 4. The van der Waals surface area contributed by atoms with E-state index in [9.17, 15) is 5.11 Å². The van der Waals surface area contributed by atoms with E-state index in [1.807, 2.05) is 13.8 Å². The Morgan fingerprint density at radius 3 is 2.68 bits per heavy atom. The molecule has 0 aliphatic heterocycles. The molecule has 1 atom stereocenters. The average molecular weight is 343 g/mol. The minimum absolute atomic E-state index is 0.101. The number of ether oxygens (including phenoxy) is 1. The van der Waals surface area contributed by atoms with E-state index in [1.165, 1.54) is 6.20 Å². The molecule has 132 valence electrons. The van der Waals surface area contributed by atoms with Crippen LogP contribution in [0.25, 0.3) is 0 Å². The summed E-state index contributed by atoms with van der Waals surface area (Å²) in [6.45, 7) is 3.77. The molecule has 0 radical (unpaired) electrons. The monoisotopic (exact) mass is 343 g/mol. The highest BCUT2D eigenvalue weighted by Crippen LogP contribution is 2.32. The lowest BCUT2D eigenvalue weighted by Gasteiger charge is -2.15. The molecule has 0 amide bonds. The number of aliphatic hydroxyl groups excluding tert-OH is 2. The zero-order valence-corrected chi connectivity index (χ0v) is 14.1. The van der Waals surface area contributed by atoms with Crippen LogP contribution in [0.5, 0.6) is 11.5 Å². The van der Waals surface area contributed by atoms with Gasteiger partial charge in [-0.15, -0.1) is 6.42 Å². The van der Waals surface area contributed by atoms with Gasteiger partial charge in [0.25, 0.3) is 0 Å². The molecular formula is C17H21N5O3. The maximum atomic E-state index is 9.32. The zero-order valence-electron chi connectivity index (χ0n) is 14.1.